The third-order valence-electron chi connectivity index (χ3n) is 3.06. The molecule has 0 aliphatic rings. The molecule has 1 unspecified atom stereocenters. The predicted octanol–water partition coefficient (Wildman–Crippen LogP) is 5.20. The normalized spacial score (nSPS) is 12.5. The van der Waals surface area contributed by atoms with E-state index in [1.165, 1.54) is 35.6 Å². The minimum atomic E-state index is -0.788. The fourth-order valence-electron chi connectivity index (χ4n) is 2.01. The first kappa shape index (κ1) is 13.3. The number of ketones is 1. The second-order valence-electron chi connectivity index (χ2n) is 4.43. The summed E-state index contributed by atoms with van der Waals surface area (Å²) in [6.45, 7) is 0. The summed E-state index contributed by atoms with van der Waals surface area (Å²) in [5.41, 5.74) is 0.607. The Morgan fingerprint density at radius 2 is 1.80 bits per heavy atom. The van der Waals surface area contributed by atoms with Crippen molar-refractivity contribution in [3.8, 4) is 0 Å². The van der Waals surface area contributed by atoms with E-state index in [1.54, 1.807) is 0 Å². The van der Waals surface area contributed by atoms with Crippen molar-refractivity contribution >= 4 is 38.8 Å². The lowest BCUT2D eigenvalue weighted by atomic mass is 10.1. The van der Waals surface area contributed by atoms with Crippen molar-refractivity contribution in [2.75, 3.05) is 0 Å². The van der Waals surface area contributed by atoms with Gasteiger partial charge in [-0.15, -0.1) is 22.9 Å². The van der Waals surface area contributed by atoms with Crippen LogP contribution in [-0.4, -0.2) is 5.78 Å². The fourth-order valence-corrected chi connectivity index (χ4v) is 3.37. The van der Waals surface area contributed by atoms with Gasteiger partial charge < -0.3 is 0 Å². The molecule has 0 saturated carbocycles. The van der Waals surface area contributed by atoms with Crippen molar-refractivity contribution in [3.05, 3.63) is 70.9 Å². The van der Waals surface area contributed by atoms with Crippen LogP contribution < -0.4 is 0 Å². The van der Waals surface area contributed by atoms with Gasteiger partial charge in [0, 0.05) is 4.70 Å². The van der Waals surface area contributed by atoms with E-state index in [9.17, 15) is 9.18 Å². The average Bonchev–Trinajstić information content (AvgIpc) is 2.90. The monoisotopic (exact) mass is 304 g/mol. The summed E-state index contributed by atoms with van der Waals surface area (Å²) in [5.74, 6) is -0.494. The van der Waals surface area contributed by atoms with Gasteiger partial charge in [0.15, 0.2) is 5.78 Å². The number of thiophene rings is 1. The third kappa shape index (κ3) is 2.47. The Labute approximate surface area is 124 Å². The molecule has 3 aromatic rings. The van der Waals surface area contributed by atoms with Crippen molar-refractivity contribution in [1.82, 2.24) is 0 Å². The van der Waals surface area contributed by atoms with Gasteiger partial charge in [0.2, 0.25) is 0 Å². The maximum absolute atomic E-state index is 12.9. The Morgan fingerprint density at radius 1 is 1.10 bits per heavy atom. The van der Waals surface area contributed by atoms with Crippen molar-refractivity contribution in [2.45, 2.75) is 5.38 Å². The Balaban J connectivity index is 1.93. The zero-order chi connectivity index (χ0) is 14.1. The van der Waals surface area contributed by atoms with Crippen LogP contribution in [0.4, 0.5) is 4.39 Å². The van der Waals surface area contributed by atoms with Gasteiger partial charge in [-0.3, -0.25) is 4.79 Å². The van der Waals surface area contributed by atoms with Crippen molar-refractivity contribution in [3.63, 3.8) is 0 Å². The number of carbonyl (C=O) groups is 1. The van der Waals surface area contributed by atoms with Gasteiger partial charge in [0.05, 0.1) is 4.88 Å². The lowest BCUT2D eigenvalue weighted by Gasteiger charge is -2.07. The molecule has 3 rings (SSSR count). The highest BCUT2D eigenvalue weighted by Gasteiger charge is 2.21. The molecule has 0 spiro atoms. The maximum Gasteiger partial charge on any atom is 0.195 e. The molecular weight excluding hydrogens is 295 g/mol. The second-order valence-corrected chi connectivity index (χ2v) is 5.95. The van der Waals surface area contributed by atoms with Crippen molar-refractivity contribution in [1.29, 1.82) is 0 Å². The predicted molar refractivity (Wildman–Crippen MR) is 81.1 cm³/mol. The Kier molecular flexibility index (Phi) is 3.55. The molecule has 1 aromatic heterocycles. The van der Waals surface area contributed by atoms with Crippen LogP contribution in [-0.2, 0) is 0 Å². The van der Waals surface area contributed by atoms with Crippen LogP contribution in [0.5, 0.6) is 0 Å². The smallest absolute Gasteiger partial charge is 0.195 e. The molecule has 0 aliphatic heterocycles. The number of hydrogen-bond donors (Lipinski definition) is 0. The highest BCUT2D eigenvalue weighted by atomic mass is 35.5. The number of halogens is 2. The summed E-state index contributed by atoms with van der Waals surface area (Å²) in [4.78, 5) is 13.0. The summed E-state index contributed by atoms with van der Waals surface area (Å²) < 4.78 is 13.9. The first-order valence-electron chi connectivity index (χ1n) is 6.07. The molecule has 2 aromatic carbocycles. The summed E-state index contributed by atoms with van der Waals surface area (Å²) in [6.07, 6.45) is 0. The number of carbonyl (C=O) groups excluding carboxylic acids is 1. The molecule has 1 atom stereocenters. The van der Waals surface area contributed by atoms with Crippen LogP contribution in [0, 0.1) is 5.82 Å². The third-order valence-corrected chi connectivity index (χ3v) is 4.64. The fraction of sp³-hybridized carbons (Fsp3) is 0.0625. The number of Topliss-reactive ketones (excluding diaryl/α,β-unsaturated/α-hetero) is 1. The van der Waals surface area contributed by atoms with Gasteiger partial charge in [-0.1, -0.05) is 30.3 Å². The minimum Gasteiger partial charge on any atom is -0.291 e. The van der Waals surface area contributed by atoms with Crippen molar-refractivity contribution in [2.24, 2.45) is 0 Å². The van der Waals surface area contributed by atoms with E-state index in [0.29, 0.717) is 10.4 Å². The maximum atomic E-state index is 12.9. The lowest BCUT2D eigenvalue weighted by molar-refractivity contribution is 0.0991. The molecule has 0 amide bonds. The van der Waals surface area contributed by atoms with E-state index >= 15 is 0 Å². The van der Waals surface area contributed by atoms with E-state index < -0.39 is 5.38 Å². The number of rotatable bonds is 3. The van der Waals surface area contributed by atoms with Crippen LogP contribution >= 0.6 is 22.9 Å². The Bertz CT molecular complexity index is 731. The first-order chi connectivity index (χ1) is 9.65. The molecule has 0 fully saturated rings. The van der Waals surface area contributed by atoms with Crippen LogP contribution in [0.3, 0.4) is 0 Å². The number of alkyl halides is 1. The minimum absolute atomic E-state index is 0.153. The van der Waals surface area contributed by atoms with E-state index in [1.807, 2.05) is 30.3 Å². The zero-order valence-corrected chi connectivity index (χ0v) is 11.9. The van der Waals surface area contributed by atoms with E-state index in [2.05, 4.69) is 0 Å². The molecule has 1 heterocycles. The second kappa shape index (κ2) is 5.35. The average molecular weight is 305 g/mol. The SMILES string of the molecule is O=C(c1cc2ccccc2s1)C(Cl)c1ccc(F)cc1. The molecule has 100 valence electrons. The highest BCUT2D eigenvalue weighted by molar-refractivity contribution is 7.21. The highest BCUT2D eigenvalue weighted by Crippen LogP contribution is 2.31. The van der Waals surface area contributed by atoms with E-state index in [4.69, 9.17) is 11.6 Å². The summed E-state index contributed by atoms with van der Waals surface area (Å²) in [7, 11) is 0. The summed E-state index contributed by atoms with van der Waals surface area (Å²) in [5, 5.41) is 0.243. The van der Waals surface area contributed by atoms with E-state index in [-0.39, 0.29) is 11.6 Å². The van der Waals surface area contributed by atoms with Gasteiger partial charge in [-0.25, -0.2) is 4.39 Å². The van der Waals surface area contributed by atoms with Gasteiger partial charge >= 0.3 is 0 Å². The van der Waals surface area contributed by atoms with E-state index in [0.717, 1.165) is 10.1 Å². The van der Waals surface area contributed by atoms with Gasteiger partial charge in [-0.2, -0.15) is 0 Å². The lowest BCUT2D eigenvalue weighted by Crippen LogP contribution is -2.05. The standard InChI is InChI=1S/C16H10ClFOS/c17-15(10-5-7-12(18)8-6-10)16(19)14-9-11-3-1-2-4-13(11)20-14/h1-9,15H. The Morgan fingerprint density at radius 3 is 2.50 bits per heavy atom. The number of hydrogen-bond acceptors (Lipinski definition) is 2. The summed E-state index contributed by atoms with van der Waals surface area (Å²) >= 11 is 7.63. The van der Waals surface area contributed by atoms with Gasteiger partial charge in [-0.05, 0) is 35.2 Å². The first-order valence-corrected chi connectivity index (χ1v) is 7.33. The molecule has 4 heteroatoms. The molecule has 0 saturated heterocycles. The van der Waals surface area contributed by atoms with Crippen LogP contribution in [0.25, 0.3) is 10.1 Å². The van der Waals surface area contributed by atoms with Crippen LogP contribution in [0.1, 0.15) is 20.6 Å². The largest absolute Gasteiger partial charge is 0.291 e. The quantitative estimate of drug-likeness (QED) is 0.480. The molecular formula is C16H10ClFOS. The summed E-state index contributed by atoms with van der Waals surface area (Å²) in [6, 6.07) is 15.3. The zero-order valence-electron chi connectivity index (χ0n) is 10.3. The number of benzene rings is 2. The topological polar surface area (TPSA) is 17.1 Å². The number of fused-ring (bicyclic) bond motifs is 1. The van der Waals surface area contributed by atoms with Gasteiger partial charge in [0.25, 0.3) is 0 Å². The molecule has 0 bridgehead atoms. The molecule has 0 N–H and O–H groups in total. The molecule has 20 heavy (non-hydrogen) atoms. The van der Waals surface area contributed by atoms with Crippen molar-refractivity contribution < 1.29 is 9.18 Å². The molecule has 0 radical (unpaired) electrons. The van der Waals surface area contributed by atoms with Crippen LogP contribution in [0.15, 0.2) is 54.6 Å². The Hall–Kier alpha value is -1.71. The molecule has 0 aliphatic carbocycles. The van der Waals surface area contributed by atoms with Gasteiger partial charge in [0.1, 0.15) is 11.2 Å². The molecule has 1 nitrogen and oxygen atoms in total. The van der Waals surface area contributed by atoms with Crippen LogP contribution in [0.2, 0.25) is 0 Å².